The molecule has 7 heteroatoms. The first-order valence-electron chi connectivity index (χ1n) is 45.3. The van der Waals surface area contributed by atoms with Gasteiger partial charge in [0, 0.05) is 132 Å². The number of thiophene rings is 1. The van der Waals surface area contributed by atoms with Crippen LogP contribution in [0.25, 0.3) is 210 Å². The van der Waals surface area contributed by atoms with E-state index in [4.69, 9.17) is 15.4 Å². The van der Waals surface area contributed by atoms with E-state index >= 15 is 0 Å². The number of anilines is 2. The van der Waals surface area contributed by atoms with Crippen molar-refractivity contribution in [2.24, 2.45) is 0 Å². The molecule has 1 atom stereocenters. The number of nitrogens with zero attached hydrogens (tertiary/aromatic N) is 4. The molecule has 0 saturated heterocycles. The molecule has 0 fully saturated rings. The van der Waals surface area contributed by atoms with Gasteiger partial charge in [-0.2, -0.15) is 0 Å². The molecular weight excluding hydrogens is 1610 g/mol. The molecule has 6 aromatic heterocycles. The van der Waals surface area contributed by atoms with Crippen LogP contribution in [0.15, 0.2) is 410 Å². The molecule has 1 aliphatic carbocycles. The molecule has 0 N–H and O–H groups in total. The predicted molar refractivity (Wildman–Crippen MR) is 554 cm³/mol. The van der Waals surface area contributed by atoms with Gasteiger partial charge in [-0.3, -0.25) is 0 Å². The van der Waals surface area contributed by atoms with Crippen LogP contribution in [0, 0.1) is 20.8 Å². The van der Waals surface area contributed by atoms with Gasteiger partial charge in [0.05, 0.1) is 33.3 Å². The smallest absolute Gasteiger partial charge is 0.143 e. The molecule has 3 aliphatic rings. The topological polar surface area (TPSA) is 44.3 Å². The standard InChI is InChI=1S/C124H84N4O2S/c1-6-78(93-36-23-37-94(76(93)4)91-29-11-10-26-74(91)2)66-105-77(5)126(114-61-53-82(68-108(105)114)97-39-24-41-103-100-32-14-19-45-118(100)129-122(97)103)89-56-50-80(51-57-89)85-64-75(3)92-35-22-38-96(121(92)125-73-87(65-85)95-30-12-17-43-112(95)125)86-71-106(124-111(72-86)102-34-16-21-47-120(102)131-124)84-55-63-117-110(70-84)109-69-83(98-40-25-42-104-101-33-15-20-46-119(101)130-123(98)104)54-62-116(109)128(117)90-58-48-79(49-59-90)81-52-60-115-107(67-81)99-31-13-18-44-113(99)127(115)88-27-8-7-9-28-88/h6-70,72,86H,1,3,71,73H2,2,4-5H3/b78-66+,85-64?,87-65?. The van der Waals surface area contributed by atoms with Crippen molar-refractivity contribution in [1.29, 1.82) is 0 Å². The molecule has 618 valence electrons. The third-order valence-electron chi connectivity index (χ3n) is 28.3. The Bertz CT molecular complexity index is 9120. The van der Waals surface area contributed by atoms with Gasteiger partial charge >= 0.3 is 0 Å². The summed E-state index contributed by atoms with van der Waals surface area (Å²) < 4.78 is 23.4. The second kappa shape index (κ2) is 29.9. The molecule has 23 aromatic rings. The summed E-state index contributed by atoms with van der Waals surface area (Å²) >= 11 is 1.92. The highest BCUT2D eigenvalue weighted by Crippen LogP contribution is 2.52. The number of benzene rings is 17. The van der Waals surface area contributed by atoms with Crippen LogP contribution in [0.1, 0.15) is 68.1 Å². The minimum absolute atomic E-state index is 0.0192. The number of aryl methyl sites for hydroxylation is 1. The van der Waals surface area contributed by atoms with Crippen molar-refractivity contribution in [3.05, 3.63) is 467 Å². The number of allylic oxidation sites excluding steroid dienone is 6. The molecular formula is C124H84N4O2S. The molecule has 1 unspecified atom stereocenters. The fraction of sp³-hybridized carbons (Fsp3) is 0.0484. The summed E-state index contributed by atoms with van der Waals surface area (Å²) in [5.41, 5.74) is 41.6. The molecule has 2 bridgehead atoms. The van der Waals surface area contributed by atoms with Crippen LogP contribution in [0.4, 0.5) is 11.4 Å². The van der Waals surface area contributed by atoms with E-state index in [1.54, 1.807) is 0 Å². The van der Waals surface area contributed by atoms with Crippen molar-refractivity contribution in [2.45, 2.75) is 33.1 Å². The second-order valence-electron chi connectivity index (χ2n) is 35.5. The minimum atomic E-state index is -0.0192. The highest BCUT2D eigenvalue weighted by molar-refractivity contribution is 7.17. The first kappa shape index (κ1) is 76.0. The third kappa shape index (κ3) is 12.0. The molecule has 0 radical (unpaired) electrons. The molecule has 17 aromatic carbocycles. The molecule has 0 saturated carbocycles. The summed E-state index contributed by atoms with van der Waals surface area (Å²) in [6.45, 7) is 17.0. The van der Waals surface area contributed by atoms with E-state index in [0.717, 1.165) is 162 Å². The Morgan fingerprint density at radius 1 is 0.389 bits per heavy atom. The summed E-state index contributed by atoms with van der Waals surface area (Å²) in [6.07, 6.45) is 12.5. The first-order valence-corrected chi connectivity index (χ1v) is 46.1. The summed E-state index contributed by atoms with van der Waals surface area (Å²) in [7, 11) is 0. The fourth-order valence-corrected chi connectivity index (χ4v) is 23.3. The van der Waals surface area contributed by atoms with Crippen LogP contribution < -0.4 is 14.7 Å². The summed E-state index contributed by atoms with van der Waals surface area (Å²) in [5, 5.41) is 13.0. The zero-order valence-electron chi connectivity index (χ0n) is 72.5. The quantitative estimate of drug-likeness (QED) is 0.108. The van der Waals surface area contributed by atoms with Crippen molar-refractivity contribution < 1.29 is 8.83 Å². The molecule has 6 nitrogen and oxygen atoms in total. The Morgan fingerprint density at radius 3 is 1.60 bits per heavy atom. The first-order chi connectivity index (χ1) is 64.6. The lowest BCUT2D eigenvalue weighted by Crippen LogP contribution is -2.28. The zero-order valence-corrected chi connectivity index (χ0v) is 73.3. The van der Waals surface area contributed by atoms with Crippen molar-refractivity contribution >= 4 is 171 Å². The number of aromatic nitrogens is 3. The van der Waals surface area contributed by atoms with Crippen LogP contribution in [-0.4, -0.2) is 20.2 Å². The number of furan rings is 2. The van der Waals surface area contributed by atoms with E-state index in [2.05, 4.69) is 434 Å². The number of hydrogen-bond donors (Lipinski definition) is 0. The number of para-hydroxylation sites is 8. The van der Waals surface area contributed by atoms with E-state index in [1.807, 2.05) is 23.5 Å². The van der Waals surface area contributed by atoms with Gasteiger partial charge in [0.2, 0.25) is 0 Å². The number of hydrogen-bond acceptors (Lipinski definition) is 4. The van der Waals surface area contributed by atoms with Crippen molar-refractivity contribution in [2.75, 3.05) is 11.4 Å². The Balaban J connectivity index is 0.586. The van der Waals surface area contributed by atoms with E-state index in [-0.39, 0.29) is 5.92 Å². The van der Waals surface area contributed by atoms with Crippen LogP contribution >= 0.6 is 11.3 Å². The Hall–Kier alpha value is -16.3. The van der Waals surface area contributed by atoms with Crippen LogP contribution in [-0.2, 0) is 0 Å². The molecule has 0 amide bonds. The Labute approximate surface area is 761 Å². The average molecular weight is 1690 g/mol. The lowest BCUT2D eigenvalue weighted by molar-refractivity contribution is 0.669. The van der Waals surface area contributed by atoms with Gasteiger partial charge in [-0.15, -0.1) is 11.3 Å². The SMILES string of the molecule is C=C/C(=C\c1c(C)n(-c2ccc(C3=CC(=C)c4cccc(C5C=c6c(sc7ccccc67)=C(c6ccc7c(c6)c6cc(-c8cccc9c8oc8ccccc89)ccc6n7-c6ccc(-c7ccc8c(c7)c7ccccc7n8-c7ccccc7)cc6)C5)c4N4CC(=C3)c3ccccc34)cc2)c2ccc(-c3cccc4c3oc3ccccc34)cc12)c1cccc(-c2ccccc2C)c1C. The molecule has 0 spiro atoms. The lowest BCUT2D eigenvalue weighted by atomic mass is 9.82. The fourth-order valence-electron chi connectivity index (χ4n) is 22.1. The minimum Gasteiger partial charge on any atom is -0.455 e. The van der Waals surface area contributed by atoms with Gasteiger partial charge in [0.15, 0.2) is 0 Å². The molecule has 131 heavy (non-hydrogen) atoms. The molecule has 26 rings (SSSR count). The van der Waals surface area contributed by atoms with Crippen molar-refractivity contribution in [3.63, 3.8) is 0 Å². The van der Waals surface area contributed by atoms with Gasteiger partial charge in [-0.05, 0) is 261 Å². The summed E-state index contributed by atoms with van der Waals surface area (Å²) in [6, 6.07) is 136. The maximum atomic E-state index is 6.80. The second-order valence-corrected chi connectivity index (χ2v) is 36.5. The van der Waals surface area contributed by atoms with Gasteiger partial charge < -0.3 is 27.4 Å². The highest BCUT2D eigenvalue weighted by Gasteiger charge is 2.34. The monoisotopic (exact) mass is 1690 g/mol. The molecule has 2 aliphatic heterocycles. The predicted octanol–water partition coefficient (Wildman–Crippen LogP) is 32.0. The van der Waals surface area contributed by atoms with Gasteiger partial charge in [-0.1, -0.05) is 280 Å². The third-order valence-corrected chi connectivity index (χ3v) is 29.6. The van der Waals surface area contributed by atoms with Crippen molar-refractivity contribution in [3.8, 4) is 61.6 Å². The Morgan fingerprint density at radius 2 is 0.893 bits per heavy atom. The average Bonchev–Trinajstić information content (AvgIpc) is 1.58. The maximum Gasteiger partial charge on any atom is 0.143 e. The van der Waals surface area contributed by atoms with Crippen molar-refractivity contribution in [1.82, 2.24) is 13.7 Å². The highest BCUT2D eigenvalue weighted by atomic mass is 32.1. The summed E-state index contributed by atoms with van der Waals surface area (Å²) in [5.74, 6) is -0.0192. The van der Waals surface area contributed by atoms with Gasteiger partial charge in [-0.25, -0.2) is 0 Å². The Kier molecular flexibility index (Phi) is 17.3. The van der Waals surface area contributed by atoms with Gasteiger partial charge in [0.1, 0.15) is 22.3 Å². The summed E-state index contributed by atoms with van der Waals surface area (Å²) in [4.78, 5) is 2.60. The van der Waals surface area contributed by atoms with E-state index < -0.39 is 0 Å². The van der Waals surface area contributed by atoms with Gasteiger partial charge in [0.25, 0.3) is 0 Å². The van der Waals surface area contributed by atoms with Crippen LogP contribution in [0.2, 0.25) is 0 Å². The lowest BCUT2D eigenvalue weighted by Gasteiger charge is -2.30. The number of rotatable bonds is 13. The van der Waals surface area contributed by atoms with E-state index in [1.165, 1.54) is 119 Å². The molecule has 8 heterocycles. The van der Waals surface area contributed by atoms with Crippen LogP contribution in [0.3, 0.4) is 0 Å². The van der Waals surface area contributed by atoms with E-state index in [9.17, 15) is 0 Å². The van der Waals surface area contributed by atoms with E-state index in [0.29, 0.717) is 6.54 Å². The van der Waals surface area contributed by atoms with Crippen LogP contribution in [0.5, 0.6) is 0 Å². The largest absolute Gasteiger partial charge is 0.455 e. The zero-order chi connectivity index (χ0) is 87.0. The maximum absolute atomic E-state index is 6.80. The number of fused-ring (bicyclic) bond motifs is 23. The normalized spacial score (nSPS) is 14.0.